The Labute approximate surface area is 197 Å². The first kappa shape index (κ1) is 24.4. The van der Waals surface area contributed by atoms with Crippen molar-refractivity contribution in [3.63, 3.8) is 0 Å². The summed E-state index contributed by atoms with van der Waals surface area (Å²) in [5, 5.41) is 6.83. The lowest BCUT2D eigenvalue weighted by Gasteiger charge is -2.27. The highest BCUT2D eigenvalue weighted by molar-refractivity contribution is 14.0. The Morgan fingerprint density at radius 1 is 0.967 bits per heavy atom. The number of guanidine groups is 1. The summed E-state index contributed by atoms with van der Waals surface area (Å²) < 4.78 is 11.2. The van der Waals surface area contributed by atoms with E-state index in [1.807, 2.05) is 25.1 Å². The number of rotatable bonds is 8. The van der Waals surface area contributed by atoms with Gasteiger partial charge in [0.25, 0.3) is 0 Å². The van der Waals surface area contributed by atoms with E-state index in [9.17, 15) is 0 Å². The molecule has 1 fully saturated rings. The molecule has 1 saturated heterocycles. The molecule has 1 aliphatic rings. The fraction of sp³-hybridized carbons (Fsp3) is 0.435. The third kappa shape index (κ3) is 7.45. The fourth-order valence-corrected chi connectivity index (χ4v) is 3.41. The average molecular weight is 524 g/mol. The SMILES string of the molecule is CCOc1ccccc1CNC(=NC)NCc1ccccc1CN1CCOCC1.I. The van der Waals surface area contributed by atoms with E-state index >= 15 is 0 Å². The first-order chi connectivity index (χ1) is 14.3. The average Bonchev–Trinajstić information content (AvgIpc) is 2.77. The zero-order valence-corrected chi connectivity index (χ0v) is 20.2. The smallest absolute Gasteiger partial charge is 0.191 e. The summed E-state index contributed by atoms with van der Waals surface area (Å²) in [7, 11) is 1.80. The maximum atomic E-state index is 5.71. The third-order valence-corrected chi connectivity index (χ3v) is 5.00. The van der Waals surface area contributed by atoms with Crippen LogP contribution in [-0.4, -0.2) is 50.8 Å². The maximum Gasteiger partial charge on any atom is 0.191 e. The molecular formula is C23H33IN4O2. The van der Waals surface area contributed by atoms with Crippen molar-refractivity contribution in [1.29, 1.82) is 0 Å². The Balaban J connectivity index is 0.00000320. The van der Waals surface area contributed by atoms with Crippen molar-refractivity contribution in [3.8, 4) is 5.75 Å². The Hall–Kier alpha value is -1.84. The van der Waals surface area contributed by atoms with E-state index in [1.54, 1.807) is 7.05 Å². The van der Waals surface area contributed by atoms with E-state index in [1.165, 1.54) is 11.1 Å². The minimum atomic E-state index is 0. The summed E-state index contributed by atoms with van der Waals surface area (Å²) in [6.07, 6.45) is 0. The second-order valence-electron chi connectivity index (χ2n) is 6.98. The Bertz CT molecular complexity index is 794. The largest absolute Gasteiger partial charge is 0.494 e. The maximum absolute atomic E-state index is 5.71. The molecule has 3 rings (SSSR count). The summed E-state index contributed by atoms with van der Waals surface area (Å²) in [4.78, 5) is 6.81. The van der Waals surface area contributed by atoms with Crippen LogP contribution < -0.4 is 15.4 Å². The first-order valence-electron chi connectivity index (χ1n) is 10.3. The molecule has 0 bridgehead atoms. The Morgan fingerprint density at radius 2 is 1.57 bits per heavy atom. The van der Waals surface area contributed by atoms with Crippen LogP contribution >= 0.6 is 24.0 Å². The zero-order chi connectivity index (χ0) is 20.3. The van der Waals surface area contributed by atoms with Gasteiger partial charge in [0.2, 0.25) is 0 Å². The molecule has 0 unspecified atom stereocenters. The van der Waals surface area contributed by atoms with Crippen LogP contribution in [0.4, 0.5) is 0 Å². The zero-order valence-electron chi connectivity index (χ0n) is 17.9. The second-order valence-corrected chi connectivity index (χ2v) is 6.98. The van der Waals surface area contributed by atoms with Crippen LogP contribution in [0.3, 0.4) is 0 Å². The standard InChI is InChI=1S/C23H32N4O2.HI/c1-3-29-22-11-7-6-9-20(22)17-26-23(24-2)25-16-19-8-4-5-10-21(19)18-27-12-14-28-15-13-27;/h4-11H,3,12-18H2,1-2H3,(H2,24,25,26);1H. The van der Waals surface area contributed by atoms with E-state index < -0.39 is 0 Å². The number of benzene rings is 2. The minimum Gasteiger partial charge on any atom is -0.494 e. The number of morpholine rings is 1. The molecule has 2 N–H and O–H groups in total. The minimum absolute atomic E-state index is 0. The molecule has 0 aliphatic carbocycles. The van der Waals surface area contributed by atoms with Crippen molar-refractivity contribution in [2.45, 2.75) is 26.6 Å². The molecule has 164 valence electrons. The summed E-state index contributed by atoms with van der Waals surface area (Å²) in [5.41, 5.74) is 3.75. The molecule has 2 aromatic carbocycles. The summed E-state index contributed by atoms with van der Waals surface area (Å²) in [6, 6.07) is 16.7. The summed E-state index contributed by atoms with van der Waals surface area (Å²) in [6.45, 7) is 8.62. The highest BCUT2D eigenvalue weighted by Crippen LogP contribution is 2.17. The van der Waals surface area contributed by atoms with E-state index in [-0.39, 0.29) is 24.0 Å². The molecule has 0 amide bonds. The number of halogens is 1. The van der Waals surface area contributed by atoms with Crippen molar-refractivity contribution < 1.29 is 9.47 Å². The van der Waals surface area contributed by atoms with Crippen molar-refractivity contribution in [2.24, 2.45) is 4.99 Å². The van der Waals surface area contributed by atoms with Crippen LogP contribution in [0.2, 0.25) is 0 Å². The van der Waals surface area contributed by atoms with Gasteiger partial charge in [0, 0.05) is 45.3 Å². The van der Waals surface area contributed by atoms with E-state index in [2.05, 4.69) is 50.9 Å². The number of nitrogens with zero attached hydrogens (tertiary/aromatic N) is 2. The van der Waals surface area contributed by atoms with Gasteiger partial charge in [-0.15, -0.1) is 24.0 Å². The molecule has 1 aliphatic heterocycles. The summed E-state index contributed by atoms with van der Waals surface area (Å²) >= 11 is 0. The van der Waals surface area contributed by atoms with Crippen LogP contribution in [-0.2, 0) is 24.4 Å². The molecule has 30 heavy (non-hydrogen) atoms. The van der Waals surface area contributed by atoms with Gasteiger partial charge in [0.1, 0.15) is 5.75 Å². The van der Waals surface area contributed by atoms with E-state index in [0.717, 1.165) is 56.7 Å². The van der Waals surface area contributed by atoms with Gasteiger partial charge in [-0.05, 0) is 24.1 Å². The molecule has 0 atom stereocenters. The normalized spacial score (nSPS) is 14.7. The molecule has 6 nitrogen and oxygen atoms in total. The number of hydrogen-bond acceptors (Lipinski definition) is 4. The number of hydrogen-bond donors (Lipinski definition) is 2. The van der Waals surface area contributed by atoms with Crippen molar-refractivity contribution >= 4 is 29.9 Å². The van der Waals surface area contributed by atoms with Gasteiger partial charge in [-0.2, -0.15) is 0 Å². The van der Waals surface area contributed by atoms with Gasteiger partial charge in [-0.3, -0.25) is 9.89 Å². The highest BCUT2D eigenvalue weighted by Gasteiger charge is 2.13. The van der Waals surface area contributed by atoms with Gasteiger partial charge in [0.15, 0.2) is 5.96 Å². The second kappa shape index (κ2) is 13.5. The van der Waals surface area contributed by atoms with Crippen molar-refractivity contribution in [3.05, 3.63) is 65.2 Å². The van der Waals surface area contributed by atoms with Crippen LogP contribution in [0.1, 0.15) is 23.6 Å². The number of aliphatic imine (C=N–C) groups is 1. The van der Waals surface area contributed by atoms with Gasteiger partial charge in [-0.1, -0.05) is 42.5 Å². The van der Waals surface area contributed by atoms with Gasteiger partial charge in [0.05, 0.1) is 19.8 Å². The summed E-state index contributed by atoms with van der Waals surface area (Å²) in [5.74, 6) is 1.69. The van der Waals surface area contributed by atoms with Gasteiger partial charge >= 0.3 is 0 Å². The third-order valence-electron chi connectivity index (χ3n) is 5.00. The lowest BCUT2D eigenvalue weighted by Crippen LogP contribution is -2.37. The first-order valence-corrected chi connectivity index (χ1v) is 10.3. The van der Waals surface area contributed by atoms with Crippen LogP contribution in [0, 0.1) is 0 Å². The molecule has 2 aromatic rings. The van der Waals surface area contributed by atoms with Crippen LogP contribution in [0.15, 0.2) is 53.5 Å². The molecule has 0 spiro atoms. The van der Waals surface area contributed by atoms with Crippen molar-refractivity contribution in [1.82, 2.24) is 15.5 Å². The highest BCUT2D eigenvalue weighted by atomic mass is 127. The Kier molecular flexibility index (Phi) is 11.0. The van der Waals surface area contributed by atoms with Gasteiger partial charge < -0.3 is 20.1 Å². The molecular weight excluding hydrogens is 491 g/mol. The molecule has 0 radical (unpaired) electrons. The number of nitrogens with one attached hydrogen (secondary N) is 2. The molecule has 7 heteroatoms. The van der Waals surface area contributed by atoms with Crippen LogP contribution in [0.25, 0.3) is 0 Å². The molecule has 0 aromatic heterocycles. The lowest BCUT2D eigenvalue weighted by molar-refractivity contribution is 0.0341. The molecule has 0 saturated carbocycles. The monoisotopic (exact) mass is 524 g/mol. The Morgan fingerprint density at radius 3 is 2.23 bits per heavy atom. The predicted octanol–water partition coefficient (Wildman–Crippen LogP) is 3.40. The number of ether oxygens (including phenoxy) is 2. The van der Waals surface area contributed by atoms with Crippen molar-refractivity contribution in [2.75, 3.05) is 40.0 Å². The predicted molar refractivity (Wildman–Crippen MR) is 133 cm³/mol. The van der Waals surface area contributed by atoms with Gasteiger partial charge in [-0.25, -0.2) is 0 Å². The van der Waals surface area contributed by atoms with E-state index in [0.29, 0.717) is 13.2 Å². The topological polar surface area (TPSA) is 58.1 Å². The van der Waals surface area contributed by atoms with E-state index in [4.69, 9.17) is 9.47 Å². The lowest BCUT2D eigenvalue weighted by atomic mass is 10.1. The quantitative estimate of drug-likeness (QED) is 0.315. The molecule has 1 heterocycles. The fourth-order valence-electron chi connectivity index (χ4n) is 3.41. The number of para-hydroxylation sites is 1. The van der Waals surface area contributed by atoms with Crippen LogP contribution in [0.5, 0.6) is 5.75 Å².